The predicted molar refractivity (Wildman–Crippen MR) is 117 cm³/mol. The van der Waals surface area contributed by atoms with Gasteiger partial charge in [-0.1, -0.05) is 23.7 Å². The van der Waals surface area contributed by atoms with Gasteiger partial charge in [0.05, 0.1) is 17.5 Å². The van der Waals surface area contributed by atoms with Crippen LogP contribution >= 0.6 is 34.3 Å². The molecule has 148 valence electrons. The molecule has 0 saturated heterocycles. The van der Waals surface area contributed by atoms with E-state index in [0.29, 0.717) is 25.9 Å². The summed E-state index contributed by atoms with van der Waals surface area (Å²) < 4.78 is 1.01. The average molecular weight is 447 g/mol. The molecular weight excluding hydrogens is 432 g/mol. The van der Waals surface area contributed by atoms with E-state index in [0.717, 1.165) is 20.7 Å². The number of amides is 1. The highest BCUT2D eigenvalue weighted by atomic mass is 35.5. The van der Waals surface area contributed by atoms with Crippen LogP contribution in [0.2, 0.25) is 5.02 Å². The van der Waals surface area contributed by atoms with Gasteiger partial charge in [0.1, 0.15) is 4.83 Å². The Hall–Kier alpha value is -2.75. The molecule has 0 aliphatic heterocycles. The molecule has 4 rings (SSSR count). The number of benzene rings is 1. The molecule has 0 atom stereocenters. The molecule has 0 fully saturated rings. The van der Waals surface area contributed by atoms with Crippen molar-refractivity contribution in [3.63, 3.8) is 0 Å². The summed E-state index contributed by atoms with van der Waals surface area (Å²) in [6.07, 6.45) is 0.0168. The monoisotopic (exact) mass is 446 g/mol. The molecule has 3 heterocycles. The highest BCUT2D eigenvalue weighted by molar-refractivity contribution is 7.18. The SMILES string of the molecule is Cc1sc2[nH]c(=O)n(C)c(=O)c2c1CC(=O)Nc1nc(-c2ccc(Cl)cc2)cs1. The van der Waals surface area contributed by atoms with Gasteiger partial charge in [0.2, 0.25) is 5.91 Å². The van der Waals surface area contributed by atoms with Crippen LogP contribution < -0.4 is 16.6 Å². The van der Waals surface area contributed by atoms with E-state index in [1.54, 1.807) is 12.1 Å². The van der Waals surface area contributed by atoms with Crippen molar-refractivity contribution in [2.75, 3.05) is 5.32 Å². The van der Waals surface area contributed by atoms with E-state index in [1.807, 2.05) is 24.4 Å². The number of thiophene rings is 1. The quantitative estimate of drug-likeness (QED) is 0.501. The fourth-order valence-corrected chi connectivity index (χ4v) is 4.87. The minimum absolute atomic E-state index is 0.0168. The van der Waals surface area contributed by atoms with Crippen molar-refractivity contribution in [2.45, 2.75) is 13.3 Å². The number of hydrogen-bond acceptors (Lipinski definition) is 6. The average Bonchev–Trinajstić information content (AvgIpc) is 3.25. The lowest BCUT2D eigenvalue weighted by Crippen LogP contribution is -2.32. The van der Waals surface area contributed by atoms with Gasteiger partial charge in [-0.3, -0.25) is 19.1 Å². The van der Waals surface area contributed by atoms with E-state index in [9.17, 15) is 14.4 Å². The van der Waals surface area contributed by atoms with Gasteiger partial charge in [0.15, 0.2) is 5.13 Å². The van der Waals surface area contributed by atoms with Gasteiger partial charge in [0, 0.05) is 27.9 Å². The first-order chi connectivity index (χ1) is 13.8. The van der Waals surface area contributed by atoms with E-state index < -0.39 is 11.2 Å². The van der Waals surface area contributed by atoms with Crippen molar-refractivity contribution in [3.05, 3.63) is 65.9 Å². The van der Waals surface area contributed by atoms with Crippen molar-refractivity contribution in [3.8, 4) is 11.3 Å². The first-order valence-corrected chi connectivity index (χ1v) is 10.6. The molecule has 0 radical (unpaired) electrons. The number of aromatic amines is 1. The van der Waals surface area contributed by atoms with Crippen LogP contribution in [0, 0.1) is 6.92 Å². The van der Waals surface area contributed by atoms with Gasteiger partial charge in [-0.2, -0.15) is 0 Å². The van der Waals surface area contributed by atoms with Crippen molar-refractivity contribution < 1.29 is 4.79 Å². The smallest absolute Gasteiger partial charge is 0.302 e. The van der Waals surface area contributed by atoms with Gasteiger partial charge in [0.25, 0.3) is 5.56 Å². The number of aryl methyl sites for hydroxylation is 1. The molecule has 3 aromatic heterocycles. The van der Waals surface area contributed by atoms with Crippen LogP contribution in [0.5, 0.6) is 0 Å². The Kier molecular flexibility index (Phi) is 5.12. The molecule has 0 saturated carbocycles. The van der Waals surface area contributed by atoms with E-state index >= 15 is 0 Å². The van der Waals surface area contributed by atoms with Crippen LogP contribution in [0.15, 0.2) is 39.2 Å². The minimum atomic E-state index is -0.475. The molecule has 10 heteroatoms. The zero-order valence-corrected chi connectivity index (χ0v) is 17.8. The molecule has 0 aliphatic carbocycles. The van der Waals surface area contributed by atoms with Crippen molar-refractivity contribution in [1.29, 1.82) is 0 Å². The standard InChI is InChI=1S/C19H15ClN4O3S2/c1-9-12(15-16(29-9)23-19(27)24(2)17(15)26)7-14(25)22-18-21-13(8-28-18)10-3-5-11(20)6-4-10/h3-6,8H,7H2,1-2H3,(H,23,27)(H,21,22,25). The maximum atomic E-state index is 12.6. The van der Waals surface area contributed by atoms with Crippen LogP contribution in [0.3, 0.4) is 0 Å². The molecule has 0 spiro atoms. The Morgan fingerprint density at radius 3 is 2.72 bits per heavy atom. The van der Waals surface area contributed by atoms with Gasteiger partial charge < -0.3 is 5.32 Å². The number of aromatic nitrogens is 3. The molecule has 1 aromatic carbocycles. The third-order valence-corrected chi connectivity index (χ3v) is 6.55. The molecule has 4 aromatic rings. The van der Waals surface area contributed by atoms with E-state index in [4.69, 9.17) is 11.6 Å². The Morgan fingerprint density at radius 1 is 1.28 bits per heavy atom. The lowest BCUT2D eigenvalue weighted by Gasteiger charge is -2.03. The zero-order valence-electron chi connectivity index (χ0n) is 15.4. The Balaban J connectivity index is 1.57. The highest BCUT2D eigenvalue weighted by Crippen LogP contribution is 2.28. The normalized spacial score (nSPS) is 11.1. The van der Waals surface area contributed by atoms with Gasteiger partial charge in [-0.25, -0.2) is 9.78 Å². The van der Waals surface area contributed by atoms with Crippen LogP contribution in [0.1, 0.15) is 10.4 Å². The fraction of sp³-hybridized carbons (Fsp3) is 0.158. The first-order valence-electron chi connectivity index (χ1n) is 8.56. The summed E-state index contributed by atoms with van der Waals surface area (Å²) in [5.74, 6) is -0.280. The molecule has 0 bridgehead atoms. The zero-order chi connectivity index (χ0) is 20.7. The van der Waals surface area contributed by atoms with Crippen LogP contribution in [0.4, 0.5) is 5.13 Å². The van der Waals surface area contributed by atoms with E-state index in [1.165, 1.54) is 29.7 Å². The lowest BCUT2D eigenvalue weighted by atomic mass is 10.1. The number of anilines is 1. The largest absolute Gasteiger partial charge is 0.329 e. The molecule has 29 heavy (non-hydrogen) atoms. The first kappa shape index (κ1) is 19.6. The number of carbonyl (C=O) groups excluding carboxylic acids is 1. The van der Waals surface area contributed by atoms with Crippen LogP contribution in [0.25, 0.3) is 21.5 Å². The van der Waals surface area contributed by atoms with Gasteiger partial charge in [-0.15, -0.1) is 22.7 Å². The highest BCUT2D eigenvalue weighted by Gasteiger charge is 2.18. The third kappa shape index (κ3) is 3.76. The summed E-state index contributed by atoms with van der Waals surface area (Å²) in [4.78, 5) is 45.3. The predicted octanol–water partition coefficient (Wildman–Crippen LogP) is 3.55. The third-order valence-electron chi connectivity index (χ3n) is 4.48. The maximum absolute atomic E-state index is 12.6. The van der Waals surface area contributed by atoms with E-state index in [2.05, 4.69) is 15.3 Å². The fourth-order valence-electron chi connectivity index (χ4n) is 2.96. The Labute approximate surface area is 177 Å². The molecular formula is C19H15ClN4O3S2. The van der Waals surface area contributed by atoms with Crippen molar-refractivity contribution in [2.24, 2.45) is 7.05 Å². The maximum Gasteiger partial charge on any atom is 0.329 e. The number of halogens is 1. The number of nitrogens with zero attached hydrogens (tertiary/aromatic N) is 2. The minimum Gasteiger partial charge on any atom is -0.302 e. The summed E-state index contributed by atoms with van der Waals surface area (Å²) >= 11 is 8.52. The van der Waals surface area contributed by atoms with Gasteiger partial charge in [-0.05, 0) is 24.6 Å². The molecule has 0 unspecified atom stereocenters. The number of carbonyl (C=O) groups is 1. The summed E-state index contributed by atoms with van der Waals surface area (Å²) in [5, 5.41) is 6.13. The number of hydrogen-bond donors (Lipinski definition) is 2. The number of rotatable bonds is 4. The summed E-state index contributed by atoms with van der Waals surface area (Å²) in [7, 11) is 1.41. The van der Waals surface area contributed by atoms with Crippen LogP contribution in [-0.4, -0.2) is 20.4 Å². The number of H-pyrrole nitrogens is 1. The van der Waals surface area contributed by atoms with Crippen molar-refractivity contribution in [1.82, 2.24) is 14.5 Å². The van der Waals surface area contributed by atoms with Gasteiger partial charge >= 0.3 is 5.69 Å². The molecule has 2 N–H and O–H groups in total. The molecule has 1 amide bonds. The second kappa shape index (κ2) is 7.58. The lowest BCUT2D eigenvalue weighted by molar-refractivity contribution is -0.115. The Bertz CT molecular complexity index is 1350. The number of thiazole rings is 1. The summed E-state index contributed by atoms with van der Waals surface area (Å²) in [5.41, 5.74) is 1.38. The van der Waals surface area contributed by atoms with E-state index in [-0.39, 0.29) is 12.3 Å². The molecule has 0 aliphatic rings. The number of nitrogens with one attached hydrogen (secondary N) is 2. The second-order valence-electron chi connectivity index (χ2n) is 6.40. The topological polar surface area (TPSA) is 96.9 Å². The molecule has 7 nitrogen and oxygen atoms in total. The van der Waals surface area contributed by atoms with Crippen LogP contribution in [-0.2, 0) is 18.3 Å². The van der Waals surface area contributed by atoms with Crippen molar-refractivity contribution >= 4 is 55.5 Å². The summed E-state index contributed by atoms with van der Waals surface area (Å²) in [6, 6.07) is 7.29. The number of fused-ring (bicyclic) bond motifs is 1. The summed E-state index contributed by atoms with van der Waals surface area (Å²) in [6.45, 7) is 1.83. The Morgan fingerprint density at radius 2 is 2.00 bits per heavy atom. The second-order valence-corrected chi connectivity index (χ2v) is 8.92.